The zero-order valence-corrected chi connectivity index (χ0v) is 19.2. The van der Waals surface area contributed by atoms with Crippen molar-refractivity contribution in [1.29, 1.82) is 0 Å². The van der Waals surface area contributed by atoms with E-state index < -0.39 is 6.04 Å². The zero-order valence-electron chi connectivity index (χ0n) is 19.2. The van der Waals surface area contributed by atoms with E-state index in [1.807, 2.05) is 67.6 Å². The highest BCUT2D eigenvalue weighted by atomic mass is 16.7. The lowest BCUT2D eigenvalue weighted by Crippen LogP contribution is -2.49. The summed E-state index contributed by atoms with van der Waals surface area (Å²) >= 11 is 0. The molecule has 4 rings (SSSR count). The highest BCUT2D eigenvalue weighted by Gasteiger charge is 2.24. The van der Waals surface area contributed by atoms with Crippen molar-refractivity contribution in [2.24, 2.45) is 0 Å². The molecule has 3 aromatic carbocycles. The molecule has 0 aliphatic carbocycles. The van der Waals surface area contributed by atoms with Crippen LogP contribution >= 0.6 is 0 Å². The number of rotatable bonds is 9. The summed E-state index contributed by atoms with van der Waals surface area (Å²) in [5, 5.41) is 5.94. The molecule has 2 N–H and O–H groups in total. The van der Waals surface area contributed by atoms with Crippen LogP contribution in [0.2, 0.25) is 0 Å². The van der Waals surface area contributed by atoms with Crippen molar-refractivity contribution in [3.8, 4) is 17.2 Å². The van der Waals surface area contributed by atoms with E-state index in [0.29, 0.717) is 17.9 Å². The number of amides is 2. The molecule has 0 bridgehead atoms. The van der Waals surface area contributed by atoms with E-state index in [1.54, 1.807) is 19.2 Å². The van der Waals surface area contributed by atoms with Crippen LogP contribution in [0.25, 0.3) is 0 Å². The van der Waals surface area contributed by atoms with Gasteiger partial charge in [0.1, 0.15) is 11.8 Å². The van der Waals surface area contributed by atoms with Gasteiger partial charge < -0.3 is 24.8 Å². The lowest BCUT2D eigenvalue weighted by molar-refractivity contribution is -0.129. The fourth-order valence-corrected chi connectivity index (χ4v) is 3.83. The van der Waals surface area contributed by atoms with Crippen LogP contribution in [0.15, 0.2) is 72.8 Å². The van der Waals surface area contributed by atoms with Crippen molar-refractivity contribution >= 4 is 11.8 Å². The molecule has 0 aromatic heterocycles. The van der Waals surface area contributed by atoms with Crippen LogP contribution in [0.1, 0.15) is 29.7 Å². The van der Waals surface area contributed by atoms with Crippen LogP contribution in [0.5, 0.6) is 17.2 Å². The van der Waals surface area contributed by atoms with Gasteiger partial charge in [-0.25, -0.2) is 0 Å². The summed E-state index contributed by atoms with van der Waals surface area (Å²) in [6.45, 7) is 2.10. The van der Waals surface area contributed by atoms with Gasteiger partial charge in [-0.2, -0.15) is 0 Å². The first kappa shape index (κ1) is 23.2. The molecule has 7 nitrogen and oxygen atoms in total. The standard InChI is InChI=1S/C27H28N2O5/c1-18(21-6-4-3-5-7-21)28-27(31)23(14-20-10-13-24-25(15-20)34-17-33-24)29-26(30)16-19-8-11-22(32-2)12-9-19/h3-13,15,18,23H,14,16-17H2,1-2H3,(H,28,31)(H,29,30)/t18-,23+/m1/s1. The molecule has 7 heteroatoms. The van der Waals surface area contributed by atoms with Crippen molar-refractivity contribution in [3.05, 3.63) is 89.5 Å². The Morgan fingerprint density at radius 3 is 2.35 bits per heavy atom. The fraction of sp³-hybridized carbons (Fsp3) is 0.259. The molecule has 176 valence electrons. The number of ether oxygens (including phenoxy) is 3. The molecule has 1 aliphatic heterocycles. The lowest BCUT2D eigenvalue weighted by Gasteiger charge is -2.22. The Kier molecular flexibility index (Phi) is 7.32. The van der Waals surface area contributed by atoms with E-state index in [1.165, 1.54) is 0 Å². The maximum absolute atomic E-state index is 13.2. The monoisotopic (exact) mass is 460 g/mol. The minimum absolute atomic E-state index is 0.156. The first-order chi connectivity index (χ1) is 16.5. The number of methoxy groups -OCH3 is 1. The van der Waals surface area contributed by atoms with E-state index in [2.05, 4.69) is 10.6 Å². The quantitative estimate of drug-likeness (QED) is 0.510. The summed E-state index contributed by atoms with van der Waals surface area (Å²) in [6.07, 6.45) is 0.474. The third kappa shape index (κ3) is 5.86. The Labute approximate surface area is 199 Å². The van der Waals surface area contributed by atoms with Gasteiger partial charge in [0.2, 0.25) is 18.6 Å². The number of hydrogen-bond acceptors (Lipinski definition) is 5. The smallest absolute Gasteiger partial charge is 0.243 e. The van der Waals surface area contributed by atoms with E-state index in [4.69, 9.17) is 14.2 Å². The summed E-state index contributed by atoms with van der Waals surface area (Å²) in [4.78, 5) is 26.1. The third-order valence-corrected chi connectivity index (χ3v) is 5.71. The van der Waals surface area contributed by atoms with Crippen LogP contribution < -0.4 is 24.8 Å². The van der Waals surface area contributed by atoms with Gasteiger partial charge in [0, 0.05) is 6.42 Å². The lowest BCUT2D eigenvalue weighted by atomic mass is 10.0. The van der Waals surface area contributed by atoms with Crippen LogP contribution in [-0.4, -0.2) is 31.8 Å². The summed E-state index contributed by atoms with van der Waals surface area (Å²) in [6, 6.07) is 21.6. The number of carbonyl (C=O) groups is 2. The summed E-state index contributed by atoms with van der Waals surface area (Å²) in [5.74, 6) is 1.54. The summed E-state index contributed by atoms with van der Waals surface area (Å²) in [7, 11) is 1.59. The van der Waals surface area contributed by atoms with Crippen molar-refractivity contribution in [2.45, 2.75) is 31.8 Å². The molecule has 0 saturated carbocycles. The van der Waals surface area contributed by atoms with Gasteiger partial charge in [-0.15, -0.1) is 0 Å². The predicted octanol–water partition coefficient (Wildman–Crippen LogP) is 3.57. The molecule has 0 spiro atoms. The van der Waals surface area contributed by atoms with Gasteiger partial charge in [0.15, 0.2) is 11.5 Å². The van der Waals surface area contributed by atoms with Gasteiger partial charge in [0.25, 0.3) is 0 Å². The van der Waals surface area contributed by atoms with E-state index >= 15 is 0 Å². The van der Waals surface area contributed by atoms with Crippen LogP contribution in [0.4, 0.5) is 0 Å². The molecule has 0 saturated heterocycles. The topological polar surface area (TPSA) is 85.9 Å². The Bertz CT molecular complexity index is 1130. The van der Waals surface area contributed by atoms with Crippen molar-refractivity contribution < 1.29 is 23.8 Å². The van der Waals surface area contributed by atoms with Gasteiger partial charge in [-0.1, -0.05) is 48.5 Å². The fourth-order valence-electron chi connectivity index (χ4n) is 3.83. The average molecular weight is 461 g/mol. The largest absolute Gasteiger partial charge is 0.497 e. The second-order valence-electron chi connectivity index (χ2n) is 8.18. The van der Waals surface area contributed by atoms with Gasteiger partial charge in [0.05, 0.1) is 19.6 Å². The number of benzene rings is 3. The van der Waals surface area contributed by atoms with E-state index in [9.17, 15) is 9.59 Å². The Hall–Kier alpha value is -4.00. The van der Waals surface area contributed by atoms with E-state index in [0.717, 1.165) is 22.4 Å². The van der Waals surface area contributed by atoms with E-state index in [-0.39, 0.29) is 31.1 Å². The second-order valence-corrected chi connectivity index (χ2v) is 8.18. The average Bonchev–Trinajstić information content (AvgIpc) is 3.32. The van der Waals surface area contributed by atoms with Gasteiger partial charge >= 0.3 is 0 Å². The highest BCUT2D eigenvalue weighted by molar-refractivity contribution is 5.89. The summed E-state index contributed by atoms with van der Waals surface area (Å²) < 4.78 is 16.0. The molecular formula is C27H28N2O5. The Morgan fingerprint density at radius 2 is 1.62 bits per heavy atom. The maximum atomic E-state index is 13.2. The number of fused-ring (bicyclic) bond motifs is 1. The zero-order chi connectivity index (χ0) is 23.9. The van der Waals surface area contributed by atoms with Gasteiger partial charge in [-0.05, 0) is 47.9 Å². The first-order valence-electron chi connectivity index (χ1n) is 11.2. The molecule has 2 atom stereocenters. The Morgan fingerprint density at radius 1 is 0.912 bits per heavy atom. The minimum Gasteiger partial charge on any atom is -0.497 e. The molecule has 3 aromatic rings. The van der Waals surface area contributed by atoms with Crippen molar-refractivity contribution in [2.75, 3.05) is 13.9 Å². The van der Waals surface area contributed by atoms with Crippen molar-refractivity contribution in [3.63, 3.8) is 0 Å². The molecule has 1 heterocycles. The number of nitrogens with one attached hydrogen (secondary N) is 2. The molecular weight excluding hydrogens is 432 g/mol. The van der Waals surface area contributed by atoms with Crippen LogP contribution in [0, 0.1) is 0 Å². The molecule has 0 unspecified atom stereocenters. The molecule has 1 aliphatic rings. The third-order valence-electron chi connectivity index (χ3n) is 5.71. The van der Waals surface area contributed by atoms with Crippen LogP contribution in [-0.2, 0) is 22.4 Å². The Balaban J connectivity index is 1.47. The predicted molar refractivity (Wildman–Crippen MR) is 128 cm³/mol. The minimum atomic E-state index is -0.753. The second kappa shape index (κ2) is 10.7. The van der Waals surface area contributed by atoms with Gasteiger partial charge in [-0.3, -0.25) is 9.59 Å². The molecule has 34 heavy (non-hydrogen) atoms. The normalized spacial score (nSPS) is 13.6. The highest BCUT2D eigenvalue weighted by Crippen LogP contribution is 2.32. The number of hydrogen-bond donors (Lipinski definition) is 2. The molecule has 0 fully saturated rings. The molecule has 2 amide bonds. The number of carbonyl (C=O) groups excluding carboxylic acids is 2. The maximum Gasteiger partial charge on any atom is 0.243 e. The van der Waals surface area contributed by atoms with Crippen LogP contribution in [0.3, 0.4) is 0 Å². The SMILES string of the molecule is COc1ccc(CC(=O)N[C@@H](Cc2ccc3c(c2)OCO3)C(=O)N[C@H](C)c2ccccc2)cc1. The molecule has 0 radical (unpaired) electrons. The van der Waals surface area contributed by atoms with Crippen molar-refractivity contribution in [1.82, 2.24) is 10.6 Å². The summed E-state index contributed by atoms with van der Waals surface area (Å²) in [5.41, 5.74) is 2.68. The first-order valence-corrected chi connectivity index (χ1v) is 11.2.